The minimum absolute atomic E-state index is 0.0432. The van der Waals surface area contributed by atoms with E-state index in [1.807, 2.05) is 30.3 Å². The largest absolute Gasteiger partial charge is 0.481 e. The summed E-state index contributed by atoms with van der Waals surface area (Å²) in [6.45, 7) is 1.65. The average molecular weight is 429 g/mol. The van der Waals surface area contributed by atoms with Crippen LogP contribution in [0.25, 0.3) is 11.0 Å². The third-order valence-corrected chi connectivity index (χ3v) is 5.53. The normalized spacial score (nSPS) is 12.6. The van der Waals surface area contributed by atoms with E-state index in [2.05, 4.69) is 0 Å². The summed E-state index contributed by atoms with van der Waals surface area (Å²) in [7, 11) is -3.44. The molecule has 1 atom stereocenters. The molecule has 0 bridgehead atoms. The van der Waals surface area contributed by atoms with Crippen LogP contribution in [0.2, 0.25) is 0 Å². The zero-order valence-corrected chi connectivity index (χ0v) is 17.6. The van der Waals surface area contributed by atoms with E-state index in [1.54, 1.807) is 24.3 Å². The monoisotopic (exact) mass is 429 g/mol. The molecular formula is C22H23NO6S. The quantitative estimate of drug-likeness (QED) is 0.589. The number of fused-ring (bicyclic) bond motifs is 1. The van der Waals surface area contributed by atoms with Gasteiger partial charge >= 0.3 is 5.97 Å². The maximum Gasteiger partial charge on any atom is 0.308 e. The molecule has 1 heterocycles. The topological polar surface area (TPSA) is 105 Å². The predicted octanol–water partition coefficient (Wildman–Crippen LogP) is 3.34. The maximum atomic E-state index is 13.4. The van der Waals surface area contributed by atoms with Gasteiger partial charge in [0.1, 0.15) is 5.58 Å². The summed E-state index contributed by atoms with van der Waals surface area (Å²) in [5.74, 6) is -2.79. The van der Waals surface area contributed by atoms with Crippen LogP contribution < -0.4 is 0 Å². The number of carbonyl (C=O) groups is 2. The van der Waals surface area contributed by atoms with Crippen LogP contribution in [-0.4, -0.2) is 43.1 Å². The lowest BCUT2D eigenvalue weighted by Gasteiger charge is -2.24. The predicted molar refractivity (Wildman–Crippen MR) is 113 cm³/mol. The lowest BCUT2D eigenvalue weighted by molar-refractivity contribution is -0.141. The highest BCUT2D eigenvalue weighted by molar-refractivity contribution is 7.89. The van der Waals surface area contributed by atoms with Gasteiger partial charge in [-0.1, -0.05) is 55.5 Å². The molecule has 0 saturated carbocycles. The molecule has 0 aliphatic carbocycles. The van der Waals surface area contributed by atoms with Crippen molar-refractivity contribution < 1.29 is 27.5 Å². The number of hydrogen-bond donors (Lipinski definition) is 1. The summed E-state index contributed by atoms with van der Waals surface area (Å²) in [6.07, 6.45) is 1.09. The number of carbonyl (C=O) groups excluding carboxylic acids is 1. The van der Waals surface area contributed by atoms with E-state index in [4.69, 9.17) is 4.42 Å². The highest BCUT2D eigenvalue weighted by Gasteiger charge is 2.29. The van der Waals surface area contributed by atoms with Gasteiger partial charge in [-0.15, -0.1) is 0 Å². The van der Waals surface area contributed by atoms with Gasteiger partial charge in [-0.25, -0.2) is 8.42 Å². The van der Waals surface area contributed by atoms with Gasteiger partial charge in [0.05, 0.1) is 11.7 Å². The number of para-hydroxylation sites is 1. The molecule has 3 rings (SSSR count). The molecule has 158 valence electrons. The Bertz CT molecular complexity index is 1170. The SMILES string of the molecule is CC(CN(Cc1ccccc1)C(=O)c1oc2ccccc2c1CS(C)(=O)=O)C(=O)O. The second-order valence-electron chi connectivity index (χ2n) is 7.39. The second-order valence-corrected chi connectivity index (χ2v) is 9.53. The van der Waals surface area contributed by atoms with Gasteiger partial charge in [-0.2, -0.15) is 0 Å². The second kappa shape index (κ2) is 8.71. The van der Waals surface area contributed by atoms with E-state index in [0.29, 0.717) is 16.5 Å². The fourth-order valence-corrected chi connectivity index (χ4v) is 4.06. The molecule has 1 amide bonds. The van der Waals surface area contributed by atoms with Crippen LogP contribution in [0, 0.1) is 5.92 Å². The minimum Gasteiger partial charge on any atom is -0.481 e. The summed E-state index contributed by atoms with van der Waals surface area (Å²) in [5.41, 5.74) is 1.52. The highest BCUT2D eigenvalue weighted by atomic mass is 32.2. The first-order valence-electron chi connectivity index (χ1n) is 9.40. The molecule has 0 fully saturated rings. The molecule has 3 aromatic rings. The number of furan rings is 1. The molecule has 0 aliphatic heterocycles. The summed E-state index contributed by atoms with van der Waals surface area (Å²) in [4.78, 5) is 26.2. The number of carboxylic acid groups (broad SMARTS) is 1. The van der Waals surface area contributed by atoms with Crippen molar-refractivity contribution in [2.24, 2.45) is 5.92 Å². The van der Waals surface area contributed by atoms with Crippen LogP contribution in [0.5, 0.6) is 0 Å². The zero-order chi connectivity index (χ0) is 21.9. The van der Waals surface area contributed by atoms with Gasteiger partial charge in [0.2, 0.25) is 0 Å². The zero-order valence-electron chi connectivity index (χ0n) is 16.7. The fourth-order valence-electron chi connectivity index (χ4n) is 3.25. The summed E-state index contributed by atoms with van der Waals surface area (Å²) in [5, 5.41) is 9.88. The van der Waals surface area contributed by atoms with Crippen molar-refractivity contribution >= 4 is 32.7 Å². The highest BCUT2D eigenvalue weighted by Crippen LogP contribution is 2.29. The van der Waals surface area contributed by atoms with Gasteiger partial charge in [0.25, 0.3) is 5.91 Å². The molecule has 1 unspecified atom stereocenters. The Kier molecular flexibility index (Phi) is 6.26. The number of amides is 1. The maximum absolute atomic E-state index is 13.4. The van der Waals surface area contributed by atoms with E-state index in [9.17, 15) is 23.1 Å². The third-order valence-electron chi connectivity index (χ3n) is 4.72. The first-order chi connectivity index (χ1) is 14.2. The van der Waals surface area contributed by atoms with E-state index in [1.165, 1.54) is 11.8 Å². The number of sulfone groups is 1. The van der Waals surface area contributed by atoms with Crippen molar-refractivity contribution in [3.63, 3.8) is 0 Å². The molecule has 2 aromatic carbocycles. The van der Waals surface area contributed by atoms with Crippen LogP contribution >= 0.6 is 0 Å². The van der Waals surface area contributed by atoms with Crippen molar-refractivity contribution in [1.29, 1.82) is 0 Å². The van der Waals surface area contributed by atoms with Crippen molar-refractivity contribution in [2.45, 2.75) is 19.2 Å². The van der Waals surface area contributed by atoms with Gasteiger partial charge in [0, 0.05) is 30.3 Å². The smallest absolute Gasteiger partial charge is 0.308 e. The van der Waals surface area contributed by atoms with Crippen LogP contribution in [0.1, 0.15) is 28.6 Å². The number of rotatable bonds is 8. The number of aliphatic carboxylic acids is 1. The van der Waals surface area contributed by atoms with Crippen LogP contribution in [0.4, 0.5) is 0 Å². The summed E-state index contributed by atoms with van der Waals surface area (Å²) in [6, 6.07) is 16.0. The Morgan fingerprint density at radius 1 is 1.07 bits per heavy atom. The lowest BCUT2D eigenvalue weighted by Crippen LogP contribution is -2.36. The average Bonchev–Trinajstić information content (AvgIpc) is 3.04. The Labute approximate surface area is 174 Å². The van der Waals surface area contributed by atoms with E-state index in [-0.39, 0.29) is 24.6 Å². The minimum atomic E-state index is -3.44. The van der Waals surface area contributed by atoms with E-state index >= 15 is 0 Å². The molecule has 0 spiro atoms. The standard InChI is InChI=1S/C22H23NO6S/c1-15(22(25)26)12-23(13-16-8-4-3-5-9-16)21(24)20-18(14-30(2,27)28)17-10-6-7-11-19(17)29-20/h3-11,15H,12-14H2,1-2H3,(H,25,26). The first-order valence-corrected chi connectivity index (χ1v) is 11.5. The number of hydrogen-bond acceptors (Lipinski definition) is 5. The fraction of sp³-hybridized carbons (Fsp3) is 0.273. The Morgan fingerprint density at radius 2 is 1.70 bits per heavy atom. The molecule has 1 N–H and O–H groups in total. The van der Waals surface area contributed by atoms with Crippen molar-refractivity contribution in [3.8, 4) is 0 Å². The molecule has 8 heteroatoms. The number of carboxylic acids is 1. The molecule has 30 heavy (non-hydrogen) atoms. The summed E-state index contributed by atoms with van der Waals surface area (Å²) < 4.78 is 29.8. The number of nitrogens with zero attached hydrogens (tertiary/aromatic N) is 1. The Hall–Kier alpha value is -3.13. The van der Waals surface area contributed by atoms with Crippen LogP contribution in [0.15, 0.2) is 59.0 Å². The van der Waals surface area contributed by atoms with Crippen molar-refractivity contribution in [3.05, 3.63) is 71.5 Å². The Morgan fingerprint density at radius 3 is 2.33 bits per heavy atom. The van der Waals surface area contributed by atoms with Crippen molar-refractivity contribution in [2.75, 3.05) is 12.8 Å². The molecular weight excluding hydrogens is 406 g/mol. The molecule has 1 aromatic heterocycles. The molecule has 0 radical (unpaired) electrons. The van der Waals surface area contributed by atoms with Crippen molar-refractivity contribution in [1.82, 2.24) is 4.90 Å². The van der Waals surface area contributed by atoms with Crippen LogP contribution in [-0.2, 0) is 26.9 Å². The summed E-state index contributed by atoms with van der Waals surface area (Å²) >= 11 is 0. The van der Waals surface area contributed by atoms with E-state index < -0.39 is 27.6 Å². The van der Waals surface area contributed by atoms with E-state index in [0.717, 1.165) is 11.8 Å². The lowest BCUT2D eigenvalue weighted by atomic mass is 10.1. The van der Waals surface area contributed by atoms with Gasteiger partial charge in [-0.3, -0.25) is 9.59 Å². The molecule has 0 aliphatic rings. The first kappa shape index (κ1) is 21.6. The number of benzene rings is 2. The van der Waals surface area contributed by atoms with Gasteiger partial charge in [0.15, 0.2) is 15.6 Å². The Balaban J connectivity index is 2.05. The molecule has 7 nitrogen and oxygen atoms in total. The van der Waals surface area contributed by atoms with Gasteiger partial charge in [-0.05, 0) is 11.6 Å². The van der Waals surface area contributed by atoms with Gasteiger partial charge < -0.3 is 14.4 Å². The van der Waals surface area contributed by atoms with Crippen LogP contribution in [0.3, 0.4) is 0 Å². The molecule has 0 saturated heterocycles. The third kappa shape index (κ3) is 5.07.